The number of fused-ring (bicyclic) bond motifs is 1. The smallest absolute Gasteiger partial charge is 0.316 e. The van der Waals surface area contributed by atoms with Crippen LogP contribution in [0.4, 0.5) is 0 Å². The van der Waals surface area contributed by atoms with Gasteiger partial charge in [-0.2, -0.15) is 0 Å². The van der Waals surface area contributed by atoms with Crippen LogP contribution in [0.1, 0.15) is 47.5 Å². The van der Waals surface area contributed by atoms with Crippen molar-refractivity contribution in [1.29, 1.82) is 0 Å². The molecule has 1 saturated heterocycles. The molecule has 0 radical (unpaired) electrons. The maximum Gasteiger partial charge on any atom is 0.316 e. The molecule has 2 rings (SSSR count). The molecule has 1 aliphatic carbocycles. The first-order valence-electron chi connectivity index (χ1n) is 6.83. The standard InChI is InChI=1S/C15H24O3/c1-9(2)12(18-14(16)15(3,4)5)11-10-7-6-8-17-13(10)11/h10-11,13H,6-8H2,1-5H3/t10-,11-,13-/m0/s1. The van der Waals surface area contributed by atoms with Crippen LogP contribution in [0.3, 0.4) is 0 Å². The van der Waals surface area contributed by atoms with Crippen LogP contribution in [-0.4, -0.2) is 18.7 Å². The third kappa shape index (κ3) is 2.61. The first-order valence-corrected chi connectivity index (χ1v) is 6.83. The van der Waals surface area contributed by atoms with Crippen LogP contribution in [0.2, 0.25) is 0 Å². The van der Waals surface area contributed by atoms with E-state index in [-0.39, 0.29) is 12.1 Å². The van der Waals surface area contributed by atoms with Gasteiger partial charge in [0.15, 0.2) is 0 Å². The highest BCUT2D eigenvalue weighted by Crippen LogP contribution is 2.53. The van der Waals surface area contributed by atoms with Crippen molar-refractivity contribution in [1.82, 2.24) is 0 Å². The van der Waals surface area contributed by atoms with Gasteiger partial charge in [0.05, 0.1) is 11.5 Å². The van der Waals surface area contributed by atoms with Crippen LogP contribution in [0.25, 0.3) is 0 Å². The van der Waals surface area contributed by atoms with Gasteiger partial charge in [-0.05, 0) is 59.0 Å². The Labute approximate surface area is 110 Å². The average molecular weight is 252 g/mol. The summed E-state index contributed by atoms with van der Waals surface area (Å²) in [6, 6.07) is 0. The van der Waals surface area contributed by atoms with E-state index in [1.54, 1.807) is 0 Å². The van der Waals surface area contributed by atoms with Gasteiger partial charge in [0.1, 0.15) is 5.76 Å². The van der Waals surface area contributed by atoms with Crippen LogP contribution in [0, 0.1) is 17.3 Å². The second-order valence-electron chi connectivity index (χ2n) is 6.67. The average Bonchev–Trinajstić information content (AvgIpc) is 2.97. The van der Waals surface area contributed by atoms with Crippen LogP contribution < -0.4 is 0 Å². The Balaban J connectivity index is 2.08. The number of carbonyl (C=O) groups is 1. The third-order valence-corrected chi connectivity index (χ3v) is 3.70. The number of carbonyl (C=O) groups excluding carboxylic acids is 1. The van der Waals surface area contributed by atoms with Gasteiger partial charge in [-0.1, -0.05) is 0 Å². The van der Waals surface area contributed by atoms with Gasteiger partial charge in [0.2, 0.25) is 0 Å². The Morgan fingerprint density at radius 2 is 1.94 bits per heavy atom. The lowest BCUT2D eigenvalue weighted by Crippen LogP contribution is -2.23. The minimum atomic E-state index is -0.457. The molecule has 1 heterocycles. The second kappa shape index (κ2) is 4.69. The molecule has 2 aliphatic rings. The molecule has 0 unspecified atom stereocenters. The molecular weight excluding hydrogens is 228 g/mol. The maximum absolute atomic E-state index is 12.0. The summed E-state index contributed by atoms with van der Waals surface area (Å²) in [4.78, 5) is 12.0. The molecule has 1 saturated carbocycles. The summed E-state index contributed by atoms with van der Waals surface area (Å²) in [6.07, 6.45) is 2.61. The molecule has 18 heavy (non-hydrogen) atoms. The Morgan fingerprint density at radius 1 is 1.28 bits per heavy atom. The van der Waals surface area contributed by atoms with Gasteiger partial charge in [-0.3, -0.25) is 4.79 Å². The predicted molar refractivity (Wildman–Crippen MR) is 69.9 cm³/mol. The number of hydrogen-bond donors (Lipinski definition) is 0. The van der Waals surface area contributed by atoms with Crippen molar-refractivity contribution in [3.8, 4) is 0 Å². The molecule has 0 spiro atoms. The minimum absolute atomic E-state index is 0.151. The van der Waals surface area contributed by atoms with E-state index in [0.717, 1.165) is 24.4 Å². The predicted octanol–water partition coefficient (Wildman–Crippen LogP) is 3.29. The highest BCUT2D eigenvalue weighted by Gasteiger charge is 2.56. The molecule has 0 bridgehead atoms. The van der Waals surface area contributed by atoms with Crippen molar-refractivity contribution in [2.24, 2.45) is 17.3 Å². The van der Waals surface area contributed by atoms with Gasteiger partial charge in [0.25, 0.3) is 0 Å². The summed E-state index contributed by atoms with van der Waals surface area (Å²) in [7, 11) is 0. The Kier molecular flexibility index (Phi) is 3.54. The molecule has 2 fully saturated rings. The number of hydrogen-bond acceptors (Lipinski definition) is 3. The lowest BCUT2D eigenvalue weighted by Gasteiger charge is -2.19. The molecule has 3 heteroatoms. The molecule has 0 aromatic carbocycles. The van der Waals surface area contributed by atoms with Crippen molar-refractivity contribution in [3.63, 3.8) is 0 Å². The Bertz CT molecular complexity index is 360. The fourth-order valence-corrected chi connectivity index (χ4v) is 2.55. The fourth-order valence-electron chi connectivity index (χ4n) is 2.55. The lowest BCUT2D eigenvalue weighted by atomic mass is 9.97. The van der Waals surface area contributed by atoms with Crippen LogP contribution in [0.15, 0.2) is 11.3 Å². The summed E-state index contributed by atoms with van der Waals surface area (Å²) in [5.41, 5.74) is 0.636. The van der Waals surface area contributed by atoms with Gasteiger partial charge in [-0.25, -0.2) is 0 Å². The van der Waals surface area contributed by atoms with Crippen LogP contribution in [0.5, 0.6) is 0 Å². The van der Waals surface area contributed by atoms with E-state index >= 15 is 0 Å². The van der Waals surface area contributed by atoms with E-state index in [0.29, 0.717) is 11.8 Å². The zero-order valence-corrected chi connectivity index (χ0v) is 12.1. The largest absolute Gasteiger partial charge is 0.430 e. The van der Waals surface area contributed by atoms with Crippen molar-refractivity contribution < 1.29 is 14.3 Å². The zero-order valence-electron chi connectivity index (χ0n) is 12.1. The van der Waals surface area contributed by atoms with Gasteiger partial charge >= 0.3 is 5.97 Å². The SMILES string of the molecule is CC(C)=C(OC(=O)C(C)(C)C)[C@@H]1[C@@H]2CCCO[C@@H]21. The van der Waals surface area contributed by atoms with E-state index < -0.39 is 5.41 Å². The Hall–Kier alpha value is -0.830. The number of allylic oxidation sites excluding steroid dienone is 1. The summed E-state index contributed by atoms with van der Waals surface area (Å²) in [6.45, 7) is 10.5. The molecule has 1 aliphatic heterocycles. The molecule has 0 N–H and O–H groups in total. The molecule has 0 aromatic heterocycles. The summed E-state index contributed by atoms with van der Waals surface area (Å²) < 4.78 is 11.4. The van der Waals surface area contributed by atoms with E-state index in [4.69, 9.17) is 9.47 Å². The number of esters is 1. The first kappa shape index (κ1) is 13.6. The van der Waals surface area contributed by atoms with Gasteiger partial charge < -0.3 is 9.47 Å². The van der Waals surface area contributed by atoms with Crippen molar-refractivity contribution in [3.05, 3.63) is 11.3 Å². The first-order chi connectivity index (χ1) is 8.32. The van der Waals surface area contributed by atoms with E-state index in [1.165, 1.54) is 6.42 Å². The van der Waals surface area contributed by atoms with Crippen molar-refractivity contribution in [2.75, 3.05) is 6.61 Å². The monoisotopic (exact) mass is 252 g/mol. The highest BCUT2D eigenvalue weighted by molar-refractivity contribution is 5.76. The maximum atomic E-state index is 12.0. The number of rotatable bonds is 2. The van der Waals surface area contributed by atoms with Crippen molar-refractivity contribution in [2.45, 2.75) is 53.6 Å². The van der Waals surface area contributed by atoms with Crippen LogP contribution in [-0.2, 0) is 14.3 Å². The molecular formula is C15H24O3. The second-order valence-corrected chi connectivity index (χ2v) is 6.67. The van der Waals surface area contributed by atoms with E-state index in [1.807, 2.05) is 34.6 Å². The van der Waals surface area contributed by atoms with E-state index in [9.17, 15) is 4.79 Å². The highest BCUT2D eigenvalue weighted by atomic mass is 16.5. The third-order valence-electron chi connectivity index (χ3n) is 3.70. The van der Waals surface area contributed by atoms with Crippen molar-refractivity contribution >= 4 is 5.97 Å². The topological polar surface area (TPSA) is 35.5 Å². The summed E-state index contributed by atoms with van der Waals surface area (Å²) in [5.74, 6) is 1.58. The lowest BCUT2D eigenvalue weighted by molar-refractivity contribution is -0.149. The van der Waals surface area contributed by atoms with Gasteiger partial charge in [0, 0.05) is 12.5 Å². The summed E-state index contributed by atoms with van der Waals surface area (Å²) >= 11 is 0. The normalized spacial score (nSPS) is 30.4. The molecule has 3 atom stereocenters. The van der Waals surface area contributed by atoms with Crippen LogP contribution >= 0.6 is 0 Å². The minimum Gasteiger partial charge on any atom is -0.430 e. The zero-order chi connectivity index (χ0) is 13.5. The molecule has 0 amide bonds. The fraction of sp³-hybridized carbons (Fsp3) is 0.800. The summed E-state index contributed by atoms with van der Waals surface area (Å²) in [5, 5.41) is 0. The quantitative estimate of drug-likeness (QED) is 0.559. The molecule has 3 nitrogen and oxygen atoms in total. The Morgan fingerprint density at radius 3 is 2.39 bits per heavy atom. The van der Waals surface area contributed by atoms with E-state index in [2.05, 4.69) is 0 Å². The van der Waals surface area contributed by atoms with Gasteiger partial charge in [-0.15, -0.1) is 0 Å². The molecule has 0 aromatic rings. The number of ether oxygens (including phenoxy) is 2. The molecule has 102 valence electrons.